The molecule has 112 valence electrons. The summed E-state index contributed by atoms with van der Waals surface area (Å²) in [5.74, 6) is 1.67. The predicted octanol–water partition coefficient (Wildman–Crippen LogP) is 3.30. The molecule has 0 bridgehead atoms. The van der Waals surface area contributed by atoms with Gasteiger partial charge in [0.25, 0.3) is 0 Å². The minimum Gasteiger partial charge on any atom is -0.496 e. The zero-order valence-electron chi connectivity index (χ0n) is 12.2. The van der Waals surface area contributed by atoms with E-state index in [-0.39, 0.29) is 6.04 Å². The number of rotatable bonds is 6. The molecule has 1 fully saturated rings. The number of hydrogen-bond acceptors (Lipinski definition) is 4. The van der Waals surface area contributed by atoms with Crippen LogP contribution in [0.25, 0.3) is 0 Å². The molecule has 1 aromatic rings. The fourth-order valence-corrected chi connectivity index (χ4v) is 3.13. The van der Waals surface area contributed by atoms with Crippen molar-refractivity contribution in [1.82, 2.24) is 5.32 Å². The predicted molar refractivity (Wildman–Crippen MR) is 82.6 cm³/mol. The minimum atomic E-state index is 0.190. The van der Waals surface area contributed by atoms with Crippen LogP contribution in [0.15, 0.2) is 16.6 Å². The Hall–Kier alpha value is -0.780. The molecule has 0 aliphatic carbocycles. The molecule has 0 spiro atoms. The minimum absolute atomic E-state index is 0.190. The molecule has 1 aromatic carbocycles. The van der Waals surface area contributed by atoms with Gasteiger partial charge in [-0.25, -0.2) is 0 Å². The first-order valence-electron chi connectivity index (χ1n) is 6.89. The summed E-state index contributed by atoms with van der Waals surface area (Å²) in [5, 5.41) is 3.36. The highest BCUT2D eigenvalue weighted by molar-refractivity contribution is 9.10. The largest absolute Gasteiger partial charge is 0.496 e. The summed E-state index contributed by atoms with van der Waals surface area (Å²) in [4.78, 5) is 0. The fraction of sp³-hybridized carbons (Fsp3) is 0.600. The van der Waals surface area contributed by atoms with Gasteiger partial charge in [0.2, 0.25) is 0 Å². The monoisotopic (exact) mass is 343 g/mol. The van der Waals surface area contributed by atoms with Crippen LogP contribution >= 0.6 is 15.9 Å². The fourth-order valence-electron chi connectivity index (χ4n) is 2.65. The Labute approximate surface area is 128 Å². The standard InChI is InChI=1S/C15H22BrNO3/c1-17-13(7-10-5-4-6-20-10)11-8-15(19-3)12(16)9-14(11)18-2/h8-10,13,17H,4-7H2,1-3H3. The van der Waals surface area contributed by atoms with E-state index in [9.17, 15) is 0 Å². The molecule has 0 saturated carbocycles. The van der Waals surface area contributed by atoms with Crippen LogP contribution in [-0.4, -0.2) is 34.0 Å². The second-order valence-electron chi connectivity index (χ2n) is 4.94. The Balaban J connectivity index is 2.26. The van der Waals surface area contributed by atoms with Gasteiger partial charge < -0.3 is 19.5 Å². The highest BCUT2D eigenvalue weighted by atomic mass is 79.9. The number of nitrogens with one attached hydrogen (secondary N) is 1. The molecule has 2 atom stereocenters. The average molecular weight is 344 g/mol. The molecular weight excluding hydrogens is 322 g/mol. The Morgan fingerprint density at radius 3 is 2.65 bits per heavy atom. The summed E-state index contributed by atoms with van der Waals surface area (Å²) in [7, 11) is 5.33. The van der Waals surface area contributed by atoms with Gasteiger partial charge in [-0.15, -0.1) is 0 Å². The van der Waals surface area contributed by atoms with E-state index in [0.29, 0.717) is 6.10 Å². The summed E-state index contributed by atoms with van der Waals surface area (Å²) in [6.07, 6.45) is 3.56. The quantitative estimate of drug-likeness (QED) is 0.860. The molecule has 2 rings (SSSR count). The van der Waals surface area contributed by atoms with E-state index in [1.54, 1.807) is 14.2 Å². The van der Waals surface area contributed by atoms with Crippen LogP contribution < -0.4 is 14.8 Å². The van der Waals surface area contributed by atoms with Crippen molar-refractivity contribution >= 4 is 15.9 Å². The lowest BCUT2D eigenvalue weighted by Gasteiger charge is -2.23. The van der Waals surface area contributed by atoms with Crippen LogP contribution in [0.4, 0.5) is 0 Å². The Kier molecular flexibility index (Phi) is 5.69. The lowest BCUT2D eigenvalue weighted by molar-refractivity contribution is 0.0951. The molecule has 0 amide bonds. The third-order valence-electron chi connectivity index (χ3n) is 3.75. The molecule has 1 aliphatic heterocycles. The third kappa shape index (κ3) is 3.45. The molecule has 4 nitrogen and oxygen atoms in total. The van der Waals surface area contributed by atoms with E-state index >= 15 is 0 Å². The smallest absolute Gasteiger partial charge is 0.133 e. The molecular formula is C15H22BrNO3. The molecule has 1 N–H and O–H groups in total. The normalized spacial score (nSPS) is 19.9. The van der Waals surface area contributed by atoms with Crippen molar-refractivity contribution in [3.8, 4) is 11.5 Å². The van der Waals surface area contributed by atoms with Gasteiger partial charge in [0.15, 0.2) is 0 Å². The zero-order chi connectivity index (χ0) is 14.5. The molecule has 0 aromatic heterocycles. The third-order valence-corrected chi connectivity index (χ3v) is 4.37. The van der Waals surface area contributed by atoms with Crippen molar-refractivity contribution < 1.29 is 14.2 Å². The number of ether oxygens (including phenoxy) is 3. The van der Waals surface area contributed by atoms with Gasteiger partial charge >= 0.3 is 0 Å². The van der Waals surface area contributed by atoms with Gasteiger partial charge in [0, 0.05) is 18.2 Å². The Morgan fingerprint density at radius 1 is 1.35 bits per heavy atom. The zero-order valence-corrected chi connectivity index (χ0v) is 13.8. The average Bonchev–Trinajstić information content (AvgIpc) is 2.97. The molecule has 0 radical (unpaired) electrons. The first-order chi connectivity index (χ1) is 9.69. The van der Waals surface area contributed by atoms with Gasteiger partial charge in [0.1, 0.15) is 11.5 Å². The van der Waals surface area contributed by atoms with Gasteiger partial charge in [0.05, 0.1) is 24.8 Å². The van der Waals surface area contributed by atoms with Crippen molar-refractivity contribution in [3.63, 3.8) is 0 Å². The first-order valence-corrected chi connectivity index (χ1v) is 7.69. The lowest BCUT2D eigenvalue weighted by Crippen LogP contribution is -2.22. The highest BCUT2D eigenvalue weighted by Crippen LogP contribution is 2.38. The van der Waals surface area contributed by atoms with Crippen LogP contribution in [0.2, 0.25) is 0 Å². The van der Waals surface area contributed by atoms with E-state index in [1.165, 1.54) is 0 Å². The van der Waals surface area contributed by atoms with E-state index < -0.39 is 0 Å². The SMILES string of the molecule is CNC(CC1CCCO1)c1cc(OC)c(Br)cc1OC. The molecule has 1 saturated heterocycles. The van der Waals surface area contributed by atoms with Crippen LogP contribution in [0.1, 0.15) is 30.9 Å². The Morgan fingerprint density at radius 2 is 2.10 bits per heavy atom. The first kappa shape index (κ1) is 15.6. The van der Waals surface area contributed by atoms with Gasteiger partial charge in [-0.1, -0.05) is 0 Å². The van der Waals surface area contributed by atoms with E-state index in [4.69, 9.17) is 14.2 Å². The maximum atomic E-state index is 5.74. The van der Waals surface area contributed by atoms with Crippen LogP contribution in [-0.2, 0) is 4.74 Å². The number of benzene rings is 1. The maximum absolute atomic E-state index is 5.74. The number of halogens is 1. The lowest BCUT2D eigenvalue weighted by atomic mass is 9.98. The highest BCUT2D eigenvalue weighted by Gasteiger charge is 2.24. The molecule has 1 aliphatic rings. The number of hydrogen-bond donors (Lipinski definition) is 1. The van der Waals surface area contributed by atoms with Crippen LogP contribution in [0, 0.1) is 0 Å². The van der Waals surface area contributed by atoms with Crippen molar-refractivity contribution in [3.05, 3.63) is 22.2 Å². The van der Waals surface area contributed by atoms with Crippen molar-refractivity contribution in [2.45, 2.75) is 31.4 Å². The van der Waals surface area contributed by atoms with Crippen molar-refractivity contribution in [2.24, 2.45) is 0 Å². The second kappa shape index (κ2) is 7.29. The van der Waals surface area contributed by atoms with Gasteiger partial charge in [-0.05, 0) is 54.4 Å². The molecule has 20 heavy (non-hydrogen) atoms. The van der Waals surface area contributed by atoms with Gasteiger partial charge in [-0.2, -0.15) is 0 Å². The maximum Gasteiger partial charge on any atom is 0.133 e. The Bertz CT molecular complexity index is 447. The van der Waals surface area contributed by atoms with Crippen LogP contribution in [0.3, 0.4) is 0 Å². The van der Waals surface area contributed by atoms with E-state index in [1.807, 2.05) is 19.2 Å². The van der Waals surface area contributed by atoms with E-state index in [2.05, 4.69) is 21.2 Å². The van der Waals surface area contributed by atoms with Gasteiger partial charge in [-0.3, -0.25) is 0 Å². The summed E-state index contributed by atoms with van der Waals surface area (Å²) in [5.41, 5.74) is 1.10. The number of methoxy groups -OCH3 is 2. The molecule has 1 heterocycles. The van der Waals surface area contributed by atoms with Crippen molar-refractivity contribution in [2.75, 3.05) is 27.9 Å². The molecule has 2 unspecified atom stereocenters. The summed E-state index contributed by atoms with van der Waals surface area (Å²) >= 11 is 3.49. The van der Waals surface area contributed by atoms with Crippen molar-refractivity contribution in [1.29, 1.82) is 0 Å². The summed E-state index contributed by atoms with van der Waals surface area (Å²) < 4.78 is 17.5. The van der Waals surface area contributed by atoms with Crippen LogP contribution in [0.5, 0.6) is 11.5 Å². The topological polar surface area (TPSA) is 39.7 Å². The van der Waals surface area contributed by atoms with E-state index in [0.717, 1.165) is 47.4 Å². The molecule has 5 heteroatoms. The second-order valence-corrected chi connectivity index (χ2v) is 5.80. The summed E-state index contributed by atoms with van der Waals surface area (Å²) in [6.45, 7) is 0.877. The summed E-state index contributed by atoms with van der Waals surface area (Å²) in [6, 6.07) is 4.17.